The van der Waals surface area contributed by atoms with Gasteiger partial charge in [0, 0.05) is 85.9 Å². The predicted molar refractivity (Wildman–Crippen MR) is 111 cm³/mol. The van der Waals surface area contributed by atoms with E-state index < -0.39 is 46.9 Å². The number of carbonyl (C=O) groups is 1. The van der Waals surface area contributed by atoms with Crippen molar-refractivity contribution in [3.63, 3.8) is 0 Å². The molecular weight excluding hydrogens is 638 g/mol. The Morgan fingerprint density at radius 3 is 2.41 bits per heavy atom. The fraction of sp³-hybridized carbons (Fsp3) is 0.545. The van der Waals surface area contributed by atoms with Crippen molar-refractivity contribution in [2.75, 3.05) is 18.0 Å². The number of halogens is 3. The SMILES string of the molecule is Cc1c(N2CC(F)C(C3(C)CC3)C2)c(F)c([NH-])c2c(=O)c(C(=O)[OH2+])cn(C3CC3F)c12.[Ac]. The molecule has 2 aromatic rings. The van der Waals surface area contributed by atoms with E-state index in [1.807, 2.05) is 6.92 Å². The van der Waals surface area contributed by atoms with Gasteiger partial charge in [0.25, 0.3) is 0 Å². The molecule has 2 saturated carbocycles. The molecular formula is C22H24AcF3N3O3. The Morgan fingerprint density at radius 1 is 1.25 bits per heavy atom. The van der Waals surface area contributed by atoms with Crippen LogP contribution in [0.5, 0.6) is 0 Å². The van der Waals surface area contributed by atoms with Crippen molar-refractivity contribution in [1.29, 1.82) is 0 Å². The van der Waals surface area contributed by atoms with E-state index in [9.17, 15) is 18.4 Å². The van der Waals surface area contributed by atoms with Crippen molar-refractivity contribution in [3.8, 4) is 0 Å². The Balaban J connectivity index is 0.00000245. The van der Waals surface area contributed by atoms with Crippen molar-refractivity contribution < 1.29 is 67.1 Å². The first-order valence-electron chi connectivity index (χ1n) is 10.5. The van der Waals surface area contributed by atoms with E-state index >= 15 is 4.39 Å². The molecule has 3 aliphatic rings. The van der Waals surface area contributed by atoms with Crippen LogP contribution in [0.1, 0.15) is 48.1 Å². The standard InChI is InChI=1S/C22H24F3N3O3.Ac/c1-9-18-15(20(29)10(21(30)31)6-28(18)14-5-12(14)23)17(26)16(25)19(9)27-7-11(13(24)8-27)22(2)3-4-22;/h6,11-14H,3-5,7-8H2,1-2H3,(H3,26,29,30,31);. The molecule has 0 bridgehead atoms. The summed E-state index contributed by atoms with van der Waals surface area (Å²) in [4.78, 5) is 26.1. The largest absolute Gasteiger partial charge is 0.696 e. The molecule has 1 aromatic carbocycles. The molecule has 169 valence electrons. The van der Waals surface area contributed by atoms with Crippen LogP contribution in [0.15, 0.2) is 11.0 Å². The number of aromatic nitrogens is 1. The number of anilines is 1. The number of fused-ring (bicyclic) bond motifs is 1. The Bertz CT molecular complexity index is 1200. The van der Waals surface area contributed by atoms with Crippen LogP contribution >= 0.6 is 0 Å². The summed E-state index contributed by atoms with van der Waals surface area (Å²) < 4.78 is 45.6. The summed E-state index contributed by atoms with van der Waals surface area (Å²) in [5.74, 6) is -2.46. The van der Waals surface area contributed by atoms with E-state index in [4.69, 9.17) is 10.8 Å². The number of hydrogen-bond acceptors (Lipinski definition) is 3. The van der Waals surface area contributed by atoms with Gasteiger partial charge in [-0.05, 0) is 30.7 Å². The summed E-state index contributed by atoms with van der Waals surface area (Å²) in [6.45, 7) is 3.90. The first-order valence-corrected chi connectivity index (χ1v) is 10.5. The molecule has 1 aliphatic heterocycles. The number of hydrogen-bond donors (Lipinski definition) is 0. The van der Waals surface area contributed by atoms with Crippen LogP contribution in [0, 0.1) is 68.1 Å². The fourth-order valence-corrected chi connectivity index (χ4v) is 5.16. The van der Waals surface area contributed by atoms with Crippen LogP contribution in [0.4, 0.5) is 24.5 Å². The van der Waals surface area contributed by atoms with Crippen LogP contribution in [0.3, 0.4) is 0 Å². The molecule has 1 radical (unpaired) electrons. The zero-order chi connectivity index (χ0) is 22.4. The number of rotatable bonds is 4. The van der Waals surface area contributed by atoms with Gasteiger partial charge in [0.15, 0.2) is 5.56 Å². The number of nitrogens with one attached hydrogen (secondary N) is 1. The van der Waals surface area contributed by atoms with E-state index in [0.29, 0.717) is 12.1 Å². The smallest absolute Gasteiger partial charge is 0.554 e. The molecule has 3 fully saturated rings. The van der Waals surface area contributed by atoms with Crippen LogP contribution in [0.25, 0.3) is 16.6 Å². The average Bonchev–Trinajstić information content (AvgIpc) is 3.58. The summed E-state index contributed by atoms with van der Waals surface area (Å²) >= 11 is 0. The normalized spacial score (nSPS) is 28.0. The molecule has 32 heavy (non-hydrogen) atoms. The summed E-state index contributed by atoms with van der Waals surface area (Å²) in [5, 5.41) is 7.02. The van der Waals surface area contributed by atoms with Gasteiger partial charge in [-0.1, -0.05) is 12.6 Å². The van der Waals surface area contributed by atoms with Gasteiger partial charge in [-0.3, -0.25) is 4.79 Å². The van der Waals surface area contributed by atoms with Gasteiger partial charge < -0.3 is 20.3 Å². The second kappa shape index (κ2) is 7.90. The molecule has 1 aromatic heterocycles. The van der Waals surface area contributed by atoms with E-state index in [0.717, 1.165) is 19.0 Å². The number of nitrogens with zero attached hydrogens (tertiary/aromatic N) is 2. The van der Waals surface area contributed by atoms with Crippen molar-refractivity contribution in [3.05, 3.63) is 39.1 Å². The summed E-state index contributed by atoms with van der Waals surface area (Å²) in [5.41, 5.74) is 6.67. The van der Waals surface area contributed by atoms with Crippen LogP contribution < -0.4 is 10.3 Å². The molecule has 10 heteroatoms. The molecule has 4 unspecified atom stereocenters. The van der Waals surface area contributed by atoms with Gasteiger partial charge in [-0.25, -0.2) is 13.2 Å². The molecule has 4 atom stereocenters. The van der Waals surface area contributed by atoms with Gasteiger partial charge in [0.05, 0.1) is 17.2 Å². The third kappa shape index (κ3) is 3.48. The maximum atomic E-state index is 15.4. The molecule has 2 aliphatic carbocycles. The van der Waals surface area contributed by atoms with E-state index in [1.54, 1.807) is 11.8 Å². The van der Waals surface area contributed by atoms with Crippen LogP contribution in [-0.4, -0.2) is 41.1 Å². The van der Waals surface area contributed by atoms with Crippen LogP contribution in [-0.2, 0) is 0 Å². The van der Waals surface area contributed by atoms with Crippen molar-refractivity contribution >= 4 is 28.2 Å². The maximum absolute atomic E-state index is 15.4. The Hall–Kier alpha value is -1.27. The maximum Gasteiger partial charge on any atom is 0.554 e. The van der Waals surface area contributed by atoms with Crippen molar-refractivity contribution in [2.45, 2.75) is 51.5 Å². The minimum absolute atomic E-state index is 0. The second-order valence-corrected chi connectivity index (χ2v) is 9.50. The zero-order valence-electron chi connectivity index (χ0n) is 17.8. The molecule has 0 spiro atoms. The number of carbonyl (C=O) groups excluding carboxylic acids is 1. The van der Waals surface area contributed by atoms with Crippen LogP contribution in [0.2, 0.25) is 0 Å². The summed E-state index contributed by atoms with van der Waals surface area (Å²) in [6.07, 6.45) is 0.854. The number of alkyl halides is 2. The number of pyridine rings is 1. The first-order chi connectivity index (χ1) is 14.5. The molecule has 1 saturated heterocycles. The first kappa shape index (κ1) is 23.9. The monoisotopic (exact) mass is 662 g/mol. The Kier molecular flexibility index (Phi) is 5.90. The topological polar surface area (TPSA) is 89.0 Å². The second-order valence-electron chi connectivity index (χ2n) is 9.50. The van der Waals surface area contributed by atoms with E-state index in [1.165, 1.54) is 4.57 Å². The third-order valence-electron chi connectivity index (χ3n) is 7.40. The number of benzene rings is 1. The molecule has 0 amide bonds. The summed E-state index contributed by atoms with van der Waals surface area (Å²) in [7, 11) is 0. The Labute approximate surface area is 218 Å². The molecule has 2 heterocycles. The van der Waals surface area contributed by atoms with Crippen molar-refractivity contribution in [2.24, 2.45) is 11.3 Å². The minimum Gasteiger partial charge on any atom is -0.696 e. The molecule has 6 nitrogen and oxygen atoms in total. The number of aryl methyl sites for hydroxylation is 1. The van der Waals surface area contributed by atoms with Crippen molar-refractivity contribution in [1.82, 2.24) is 4.57 Å². The molecule has 3 N–H and O–H groups in total. The van der Waals surface area contributed by atoms with E-state index in [-0.39, 0.29) is 85.0 Å². The average molecular weight is 662 g/mol. The van der Waals surface area contributed by atoms with Gasteiger partial charge in [-0.2, -0.15) is 0 Å². The van der Waals surface area contributed by atoms with Gasteiger partial charge in [-0.15, -0.1) is 0 Å². The molecule has 5 rings (SSSR count). The predicted octanol–water partition coefficient (Wildman–Crippen LogP) is 3.85. The van der Waals surface area contributed by atoms with Gasteiger partial charge in [0.1, 0.15) is 18.2 Å². The zero-order valence-corrected chi connectivity index (χ0v) is 22.6. The fourth-order valence-electron chi connectivity index (χ4n) is 5.16. The third-order valence-corrected chi connectivity index (χ3v) is 7.40. The Morgan fingerprint density at radius 2 is 1.88 bits per heavy atom. The van der Waals surface area contributed by atoms with Gasteiger partial charge in [0.2, 0.25) is 5.43 Å². The summed E-state index contributed by atoms with van der Waals surface area (Å²) in [6, 6.07) is -0.650. The minimum atomic E-state index is -1.27. The quantitative estimate of drug-likeness (QED) is 0.467. The van der Waals surface area contributed by atoms with Gasteiger partial charge >= 0.3 is 5.97 Å². The van der Waals surface area contributed by atoms with E-state index in [2.05, 4.69) is 0 Å².